The third-order valence-electron chi connectivity index (χ3n) is 5.71. The van der Waals surface area contributed by atoms with E-state index >= 15 is 0 Å². The van der Waals surface area contributed by atoms with Crippen molar-refractivity contribution in [3.63, 3.8) is 0 Å². The summed E-state index contributed by atoms with van der Waals surface area (Å²) in [6, 6.07) is 19.3. The standard InChI is InChI=1S/C23H22N4/c1-15-17(22-8-5-11-24-26-22)9-10-18-19(15)13-27(2)14-20(18)23-12-16-6-3-4-7-21(16)25-23/h3-12,20,25H,13-14H2,1-2H3. The quantitative estimate of drug-likeness (QED) is 0.576. The topological polar surface area (TPSA) is 44.8 Å². The van der Waals surface area contributed by atoms with Gasteiger partial charge in [0, 0.05) is 42.0 Å². The molecule has 4 heteroatoms. The van der Waals surface area contributed by atoms with E-state index in [4.69, 9.17) is 0 Å². The maximum Gasteiger partial charge on any atom is 0.0932 e. The molecule has 2 aromatic heterocycles. The van der Waals surface area contributed by atoms with Gasteiger partial charge in [0.1, 0.15) is 0 Å². The zero-order valence-corrected chi connectivity index (χ0v) is 15.6. The predicted octanol–water partition coefficient (Wildman–Crippen LogP) is 4.51. The van der Waals surface area contributed by atoms with Gasteiger partial charge in [0.2, 0.25) is 0 Å². The summed E-state index contributed by atoms with van der Waals surface area (Å²) in [7, 11) is 2.20. The molecule has 0 saturated carbocycles. The third kappa shape index (κ3) is 2.73. The van der Waals surface area contributed by atoms with E-state index in [0.717, 1.165) is 18.8 Å². The Labute approximate surface area is 158 Å². The highest BCUT2D eigenvalue weighted by Crippen LogP contribution is 2.38. The lowest BCUT2D eigenvalue weighted by Gasteiger charge is -2.33. The lowest BCUT2D eigenvalue weighted by molar-refractivity contribution is 0.293. The number of H-pyrrole nitrogens is 1. The van der Waals surface area contributed by atoms with Crippen LogP contribution in [0.2, 0.25) is 0 Å². The second kappa shape index (κ2) is 6.32. The fourth-order valence-electron chi connectivity index (χ4n) is 4.33. The van der Waals surface area contributed by atoms with Gasteiger partial charge in [-0.15, -0.1) is 0 Å². The van der Waals surface area contributed by atoms with Crippen LogP contribution in [0.3, 0.4) is 0 Å². The van der Waals surface area contributed by atoms with Crippen LogP contribution in [0.1, 0.15) is 28.3 Å². The fraction of sp³-hybridized carbons (Fsp3) is 0.217. The number of likely N-dealkylation sites (N-methyl/N-ethyl adjacent to an activating group) is 1. The van der Waals surface area contributed by atoms with Crippen LogP contribution in [0.15, 0.2) is 60.8 Å². The molecule has 1 aliphatic rings. The first kappa shape index (κ1) is 16.2. The van der Waals surface area contributed by atoms with Gasteiger partial charge in [0.15, 0.2) is 0 Å². The van der Waals surface area contributed by atoms with Crippen LogP contribution in [0.25, 0.3) is 22.2 Å². The summed E-state index contributed by atoms with van der Waals surface area (Å²) in [6.45, 7) is 4.19. The van der Waals surface area contributed by atoms with Gasteiger partial charge < -0.3 is 9.88 Å². The van der Waals surface area contributed by atoms with Crippen molar-refractivity contribution in [2.24, 2.45) is 0 Å². The Morgan fingerprint density at radius 3 is 2.78 bits per heavy atom. The molecule has 4 aromatic rings. The molecule has 0 fully saturated rings. The largest absolute Gasteiger partial charge is 0.358 e. The summed E-state index contributed by atoms with van der Waals surface area (Å²) in [5, 5.41) is 9.64. The Kier molecular flexibility index (Phi) is 3.80. The molecule has 3 heterocycles. The number of aromatic nitrogens is 3. The van der Waals surface area contributed by atoms with Crippen LogP contribution in [0, 0.1) is 6.92 Å². The number of para-hydroxylation sites is 1. The summed E-state index contributed by atoms with van der Waals surface area (Å²) in [5.41, 5.74) is 8.74. The summed E-state index contributed by atoms with van der Waals surface area (Å²) in [5.74, 6) is 0.348. The molecule has 0 bridgehead atoms. The molecule has 5 rings (SSSR count). The maximum atomic E-state index is 4.31. The van der Waals surface area contributed by atoms with Crippen molar-refractivity contribution in [2.45, 2.75) is 19.4 Å². The van der Waals surface area contributed by atoms with E-state index in [1.807, 2.05) is 12.1 Å². The SMILES string of the molecule is Cc1c(-c2cccnn2)ccc2c1CN(C)CC2c1cc2ccccc2[nH]1. The summed E-state index contributed by atoms with van der Waals surface area (Å²) in [4.78, 5) is 6.05. The number of nitrogens with one attached hydrogen (secondary N) is 1. The second-order valence-corrected chi connectivity index (χ2v) is 7.48. The Balaban J connectivity index is 1.64. The minimum atomic E-state index is 0.348. The molecule has 1 unspecified atom stereocenters. The fourth-order valence-corrected chi connectivity index (χ4v) is 4.33. The van der Waals surface area contributed by atoms with E-state index in [1.54, 1.807) is 6.20 Å². The Hall–Kier alpha value is -2.98. The molecular weight excluding hydrogens is 332 g/mol. The van der Waals surface area contributed by atoms with E-state index in [0.29, 0.717) is 5.92 Å². The van der Waals surface area contributed by atoms with E-state index in [9.17, 15) is 0 Å². The Morgan fingerprint density at radius 2 is 1.96 bits per heavy atom. The van der Waals surface area contributed by atoms with Gasteiger partial charge in [0.25, 0.3) is 0 Å². The van der Waals surface area contributed by atoms with E-state index in [1.165, 1.54) is 38.9 Å². The van der Waals surface area contributed by atoms with Crippen molar-refractivity contribution >= 4 is 10.9 Å². The van der Waals surface area contributed by atoms with Crippen molar-refractivity contribution in [3.05, 3.63) is 83.2 Å². The number of rotatable bonds is 2. The molecule has 27 heavy (non-hydrogen) atoms. The highest BCUT2D eigenvalue weighted by Gasteiger charge is 2.28. The van der Waals surface area contributed by atoms with Crippen LogP contribution in [-0.2, 0) is 6.54 Å². The molecule has 0 spiro atoms. The first-order valence-corrected chi connectivity index (χ1v) is 9.37. The average Bonchev–Trinajstić information content (AvgIpc) is 3.13. The molecular formula is C23H22N4. The molecule has 1 aliphatic heterocycles. The summed E-state index contributed by atoms with van der Waals surface area (Å²) >= 11 is 0. The van der Waals surface area contributed by atoms with Crippen LogP contribution in [-0.4, -0.2) is 33.7 Å². The van der Waals surface area contributed by atoms with Gasteiger partial charge in [-0.05, 0) is 60.3 Å². The molecule has 0 aliphatic carbocycles. The van der Waals surface area contributed by atoms with Gasteiger partial charge in [0.05, 0.1) is 5.69 Å². The lowest BCUT2D eigenvalue weighted by Crippen LogP contribution is -2.31. The van der Waals surface area contributed by atoms with Crippen LogP contribution >= 0.6 is 0 Å². The van der Waals surface area contributed by atoms with E-state index in [2.05, 4.69) is 76.5 Å². The van der Waals surface area contributed by atoms with Gasteiger partial charge in [-0.2, -0.15) is 10.2 Å². The van der Waals surface area contributed by atoms with Crippen molar-refractivity contribution < 1.29 is 0 Å². The molecule has 1 atom stereocenters. The molecule has 134 valence electrons. The van der Waals surface area contributed by atoms with Gasteiger partial charge in [-0.1, -0.05) is 30.3 Å². The number of aromatic amines is 1. The summed E-state index contributed by atoms with van der Waals surface area (Å²) < 4.78 is 0. The molecule has 0 amide bonds. The monoisotopic (exact) mass is 354 g/mol. The molecule has 1 N–H and O–H groups in total. The first-order chi connectivity index (χ1) is 13.2. The van der Waals surface area contributed by atoms with Crippen molar-refractivity contribution in [1.29, 1.82) is 0 Å². The minimum Gasteiger partial charge on any atom is -0.358 e. The van der Waals surface area contributed by atoms with Crippen molar-refractivity contribution in [2.75, 3.05) is 13.6 Å². The maximum absolute atomic E-state index is 4.31. The Bertz CT molecular complexity index is 1080. The zero-order valence-electron chi connectivity index (χ0n) is 15.6. The van der Waals surface area contributed by atoms with Gasteiger partial charge in [-0.25, -0.2) is 0 Å². The highest BCUT2D eigenvalue weighted by atomic mass is 15.1. The van der Waals surface area contributed by atoms with Crippen molar-refractivity contribution in [1.82, 2.24) is 20.1 Å². The molecule has 4 nitrogen and oxygen atoms in total. The molecule has 2 aromatic carbocycles. The van der Waals surface area contributed by atoms with Gasteiger partial charge >= 0.3 is 0 Å². The third-order valence-corrected chi connectivity index (χ3v) is 5.71. The lowest BCUT2D eigenvalue weighted by atomic mass is 9.83. The van der Waals surface area contributed by atoms with E-state index < -0.39 is 0 Å². The number of fused-ring (bicyclic) bond motifs is 2. The van der Waals surface area contributed by atoms with Crippen molar-refractivity contribution in [3.8, 4) is 11.3 Å². The Morgan fingerprint density at radius 1 is 1.07 bits per heavy atom. The highest BCUT2D eigenvalue weighted by molar-refractivity contribution is 5.80. The number of benzene rings is 2. The van der Waals surface area contributed by atoms with Crippen LogP contribution in [0.4, 0.5) is 0 Å². The smallest absolute Gasteiger partial charge is 0.0932 e. The van der Waals surface area contributed by atoms with Gasteiger partial charge in [-0.3, -0.25) is 0 Å². The minimum absolute atomic E-state index is 0.348. The number of hydrogen-bond acceptors (Lipinski definition) is 3. The van der Waals surface area contributed by atoms with E-state index in [-0.39, 0.29) is 0 Å². The molecule has 0 saturated heterocycles. The average molecular weight is 354 g/mol. The molecule has 0 radical (unpaired) electrons. The normalized spacial score (nSPS) is 17.2. The number of hydrogen-bond donors (Lipinski definition) is 1. The zero-order chi connectivity index (χ0) is 18.4. The summed E-state index contributed by atoms with van der Waals surface area (Å²) in [6.07, 6.45) is 1.72. The van der Waals surface area contributed by atoms with Crippen LogP contribution < -0.4 is 0 Å². The number of nitrogens with zero attached hydrogens (tertiary/aromatic N) is 3. The second-order valence-electron chi connectivity index (χ2n) is 7.48. The first-order valence-electron chi connectivity index (χ1n) is 9.37. The predicted molar refractivity (Wildman–Crippen MR) is 109 cm³/mol. The van der Waals surface area contributed by atoms with Crippen LogP contribution in [0.5, 0.6) is 0 Å².